The van der Waals surface area contributed by atoms with Crippen molar-refractivity contribution in [1.29, 1.82) is 0 Å². The molecule has 2 aromatic carbocycles. The van der Waals surface area contributed by atoms with Crippen LogP contribution in [0.4, 0.5) is 0 Å². The summed E-state index contributed by atoms with van der Waals surface area (Å²) in [6.45, 7) is 3.73. The SMILES string of the molecule is CCOC(=O)C1=C(C)N=c2s/c(=C\c3cc(Br)cc(I)c3O)c(=O)n2[C@@H]1c1ccc(SC)cc1. The van der Waals surface area contributed by atoms with Crippen LogP contribution < -0.4 is 14.9 Å². The second-order valence-electron chi connectivity index (χ2n) is 7.40. The summed E-state index contributed by atoms with van der Waals surface area (Å²) in [5.41, 5.74) is 1.89. The van der Waals surface area contributed by atoms with Gasteiger partial charge in [0.1, 0.15) is 5.75 Å². The Morgan fingerprint density at radius 3 is 2.71 bits per heavy atom. The number of phenolic OH excluding ortho intramolecular Hbond substituents is 1. The fraction of sp³-hybridized carbons (Fsp3) is 0.208. The van der Waals surface area contributed by atoms with E-state index in [1.54, 1.807) is 48.4 Å². The van der Waals surface area contributed by atoms with Crippen LogP contribution in [0.15, 0.2) is 66.8 Å². The molecule has 176 valence electrons. The molecule has 0 bridgehead atoms. The van der Waals surface area contributed by atoms with Gasteiger partial charge in [0.15, 0.2) is 4.80 Å². The van der Waals surface area contributed by atoms with Crippen molar-refractivity contribution in [3.05, 3.63) is 86.5 Å². The van der Waals surface area contributed by atoms with Crippen molar-refractivity contribution in [3.8, 4) is 5.75 Å². The minimum atomic E-state index is -0.662. The highest BCUT2D eigenvalue weighted by atomic mass is 127. The number of hydrogen-bond donors (Lipinski definition) is 1. The molecule has 3 aromatic rings. The Balaban J connectivity index is 1.97. The van der Waals surface area contributed by atoms with Crippen molar-refractivity contribution in [2.75, 3.05) is 12.9 Å². The molecule has 0 spiro atoms. The predicted octanol–water partition coefficient (Wildman–Crippen LogP) is 4.59. The Morgan fingerprint density at radius 2 is 2.06 bits per heavy atom. The molecule has 1 N–H and O–H groups in total. The summed E-state index contributed by atoms with van der Waals surface area (Å²) in [6.07, 6.45) is 3.65. The fourth-order valence-electron chi connectivity index (χ4n) is 3.73. The van der Waals surface area contributed by atoms with Gasteiger partial charge in [-0.2, -0.15) is 0 Å². The number of ether oxygens (including phenoxy) is 1. The molecule has 1 aromatic heterocycles. The van der Waals surface area contributed by atoms with E-state index in [0.29, 0.717) is 29.7 Å². The molecule has 4 rings (SSSR count). The molecular formula is C24H20BrIN2O4S2. The number of carbonyl (C=O) groups excluding carboxylic acids is 1. The number of halogens is 2. The maximum Gasteiger partial charge on any atom is 0.338 e. The molecule has 0 amide bonds. The Hall–Kier alpha value is -1.89. The standard InChI is InChI=1S/C24H20BrIN2O4S2/c1-4-32-23(31)19-12(2)27-24-28(20(19)13-5-7-16(33-3)8-6-13)22(30)18(34-24)10-14-9-15(25)11-17(26)21(14)29/h5-11,20,29H,4H2,1-3H3/b18-10-/t20-/m1/s1. The third-order valence-electron chi connectivity index (χ3n) is 5.29. The maximum absolute atomic E-state index is 13.6. The van der Waals surface area contributed by atoms with Crippen LogP contribution in [0, 0.1) is 3.57 Å². The van der Waals surface area contributed by atoms with Gasteiger partial charge in [-0.3, -0.25) is 9.36 Å². The van der Waals surface area contributed by atoms with Crippen LogP contribution in [0.25, 0.3) is 6.08 Å². The molecule has 34 heavy (non-hydrogen) atoms. The molecule has 1 aliphatic rings. The molecule has 0 saturated carbocycles. The minimum absolute atomic E-state index is 0.0993. The first kappa shape index (κ1) is 25.2. The molecule has 0 radical (unpaired) electrons. The van der Waals surface area contributed by atoms with Crippen molar-refractivity contribution < 1.29 is 14.6 Å². The van der Waals surface area contributed by atoms with Crippen LogP contribution >= 0.6 is 61.6 Å². The van der Waals surface area contributed by atoms with Crippen molar-refractivity contribution in [2.45, 2.75) is 24.8 Å². The summed E-state index contributed by atoms with van der Waals surface area (Å²) < 4.78 is 8.74. The highest BCUT2D eigenvalue weighted by molar-refractivity contribution is 14.1. The number of thioether (sulfide) groups is 1. The van der Waals surface area contributed by atoms with Crippen molar-refractivity contribution in [1.82, 2.24) is 4.57 Å². The lowest BCUT2D eigenvalue weighted by atomic mass is 9.96. The predicted molar refractivity (Wildman–Crippen MR) is 147 cm³/mol. The number of esters is 1. The molecule has 0 unspecified atom stereocenters. The highest BCUT2D eigenvalue weighted by Gasteiger charge is 2.33. The lowest BCUT2D eigenvalue weighted by Gasteiger charge is -2.24. The molecule has 6 nitrogen and oxygen atoms in total. The number of aromatic hydroxyl groups is 1. The lowest BCUT2D eigenvalue weighted by Crippen LogP contribution is -2.39. The molecule has 0 saturated heterocycles. The molecule has 2 heterocycles. The van der Waals surface area contributed by atoms with Crippen molar-refractivity contribution >= 4 is 73.7 Å². The van der Waals surface area contributed by atoms with Gasteiger partial charge in [0.05, 0.1) is 32.0 Å². The van der Waals surface area contributed by atoms with Crippen LogP contribution in [0.5, 0.6) is 5.75 Å². The number of hydrogen-bond acceptors (Lipinski definition) is 7. The van der Waals surface area contributed by atoms with Crippen LogP contribution in [-0.4, -0.2) is 28.5 Å². The molecule has 0 aliphatic carbocycles. The van der Waals surface area contributed by atoms with Crippen LogP contribution in [0.2, 0.25) is 0 Å². The number of rotatable bonds is 5. The summed E-state index contributed by atoms with van der Waals surface area (Å²) in [4.78, 5) is 32.7. The Morgan fingerprint density at radius 1 is 1.35 bits per heavy atom. The Labute approximate surface area is 226 Å². The summed E-state index contributed by atoms with van der Waals surface area (Å²) >= 11 is 8.32. The first-order valence-corrected chi connectivity index (χ1v) is 14.2. The zero-order valence-electron chi connectivity index (χ0n) is 18.5. The van der Waals surface area contributed by atoms with E-state index in [1.807, 2.05) is 53.1 Å². The Kier molecular flexibility index (Phi) is 7.70. The number of benzene rings is 2. The maximum atomic E-state index is 13.6. The summed E-state index contributed by atoms with van der Waals surface area (Å²) in [6, 6.07) is 10.7. The number of phenols is 1. The van der Waals surface area contributed by atoms with E-state index < -0.39 is 12.0 Å². The lowest BCUT2D eigenvalue weighted by molar-refractivity contribution is -0.139. The number of aromatic nitrogens is 1. The Bertz CT molecular complexity index is 1490. The minimum Gasteiger partial charge on any atom is -0.506 e. The van der Waals surface area contributed by atoms with E-state index in [1.165, 1.54) is 11.3 Å². The zero-order chi connectivity index (χ0) is 24.6. The molecule has 1 aliphatic heterocycles. The van der Waals surface area contributed by atoms with Gasteiger partial charge in [0.25, 0.3) is 5.56 Å². The van der Waals surface area contributed by atoms with E-state index >= 15 is 0 Å². The van der Waals surface area contributed by atoms with Gasteiger partial charge in [0.2, 0.25) is 0 Å². The number of nitrogens with zero attached hydrogens (tertiary/aromatic N) is 2. The average molecular weight is 671 g/mol. The number of thiazole rings is 1. The second kappa shape index (κ2) is 10.4. The topological polar surface area (TPSA) is 80.9 Å². The van der Waals surface area contributed by atoms with Gasteiger partial charge >= 0.3 is 5.97 Å². The average Bonchev–Trinajstić information content (AvgIpc) is 3.10. The van der Waals surface area contributed by atoms with E-state index in [9.17, 15) is 14.7 Å². The van der Waals surface area contributed by atoms with Gasteiger partial charge in [-0.1, -0.05) is 39.4 Å². The van der Waals surface area contributed by atoms with Gasteiger partial charge < -0.3 is 9.84 Å². The third-order valence-corrected chi connectivity index (χ3v) is 8.30. The van der Waals surface area contributed by atoms with E-state index in [0.717, 1.165) is 14.9 Å². The van der Waals surface area contributed by atoms with Crippen LogP contribution in [0.1, 0.15) is 31.0 Å². The zero-order valence-corrected chi connectivity index (χ0v) is 23.8. The first-order chi connectivity index (χ1) is 16.2. The fourth-order valence-corrected chi connectivity index (χ4v) is 6.73. The van der Waals surface area contributed by atoms with Gasteiger partial charge in [0, 0.05) is 14.9 Å². The van der Waals surface area contributed by atoms with Crippen molar-refractivity contribution in [3.63, 3.8) is 0 Å². The van der Waals surface area contributed by atoms with Crippen LogP contribution in [-0.2, 0) is 9.53 Å². The van der Waals surface area contributed by atoms with Crippen LogP contribution in [0.3, 0.4) is 0 Å². The third kappa shape index (κ3) is 4.77. The molecule has 1 atom stereocenters. The molecule has 0 fully saturated rings. The van der Waals surface area contributed by atoms with E-state index in [2.05, 4.69) is 20.9 Å². The van der Waals surface area contributed by atoms with Crippen molar-refractivity contribution in [2.24, 2.45) is 4.99 Å². The van der Waals surface area contributed by atoms with E-state index in [4.69, 9.17) is 4.74 Å². The highest BCUT2D eigenvalue weighted by Crippen LogP contribution is 2.32. The largest absolute Gasteiger partial charge is 0.506 e. The van der Waals surface area contributed by atoms with Gasteiger partial charge in [-0.25, -0.2) is 9.79 Å². The summed E-state index contributed by atoms with van der Waals surface area (Å²) in [7, 11) is 0. The number of carbonyl (C=O) groups is 1. The summed E-state index contributed by atoms with van der Waals surface area (Å²) in [5, 5.41) is 10.5. The monoisotopic (exact) mass is 670 g/mol. The second-order valence-corrected chi connectivity index (χ2v) is 11.4. The smallest absolute Gasteiger partial charge is 0.338 e. The quantitative estimate of drug-likeness (QED) is 0.244. The first-order valence-electron chi connectivity index (χ1n) is 10.3. The number of fused-ring (bicyclic) bond motifs is 1. The van der Waals surface area contributed by atoms with E-state index in [-0.39, 0.29) is 17.9 Å². The summed E-state index contributed by atoms with van der Waals surface area (Å²) in [5.74, 6) is -0.390. The number of allylic oxidation sites excluding steroid dienone is 1. The normalized spacial score (nSPS) is 15.8. The molecular weight excluding hydrogens is 651 g/mol. The molecule has 10 heteroatoms. The van der Waals surface area contributed by atoms with Gasteiger partial charge in [-0.15, -0.1) is 11.8 Å². The van der Waals surface area contributed by atoms with Gasteiger partial charge in [-0.05, 0) is 78.6 Å².